The van der Waals surface area contributed by atoms with E-state index >= 15 is 0 Å². The number of carbonyl (C=O) groups excluding carboxylic acids is 2. The summed E-state index contributed by atoms with van der Waals surface area (Å²) in [6.07, 6.45) is 0.973. The minimum atomic E-state index is -0.422. The maximum atomic E-state index is 12.2. The molecule has 1 fully saturated rings. The molecule has 1 aromatic heterocycles. The summed E-state index contributed by atoms with van der Waals surface area (Å²) in [6, 6.07) is 5.48. The normalized spacial score (nSPS) is 17.1. The Bertz CT molecular complexity index is 758. The van der Waals surface area contributed by atoms with Crippen LogP contribution in [0.3, 0.4) is 0 Å². The number of amides is 2. The molecule has 0 unspecified atom stereocenters. The van der Waals surface area contributed by atoms with Crippen molar-refractivity contribution in [1.82, 2.24) is 10.3 Å². The zero-order valence-electron chi connectivity index (χ0n) is 12.9. The maximum absolute atomic E-state index is 12.2. The lowest BCUT2D eigenvalue weighted by Gasteiger charge is -2.13. The number of nitrogens with zero attached hydrogens (tertiary/aromatic N) is 1. The van der Waals surface area contributed by atoms with Crippen molar-refractivity contribution in [2.45, 2.75) is 42.0 Å². The van der Waals surface area contributed by atoms with E-state index < -0.39 is 6.04 Å². The van der Waals surface area contributed by atoms with Gasteiger partial charge in [0, 0.05) is 28.1 Å². The van der Waals surface area contributed by atoms with E-state index in [0.29, 0.717) is 12.8 Å². The molecule has 5 nitrogen and oxygen atoms in total. The van der Waals surface area contributed by atoms with Crippen molar-refractivity contribution in [1.29, 1.82) is 0 Å². The van der Waals surface area contributed by atoms with Gasteiger partial charge in [0.2, 0.25) is 11.8 Å². The average molecular weight is 347 g/mol. The van der Waals surface area contributed by atoms with Gasteiger partial charge < -0.3 is 10.6 Å². The van der Waals surface area contributed by atoms with E-state index in [-0.39, 0.29) is 11.8 Å². The topological polar surface area (TPSA) is 71.1 Å². The molecule has 1 saturated heterocycles. The van der Waals surface area contributed by atoms with E-state index in [9.17, 15) is 9.59 Å². The van der Waals surface area contributed by atoms with Gasteiger partial charge in [-0.15, -0.1) is 11.3 Å². The van der Waals surface area contributed by atoms with Crippen LogP contribution in [0.4, 0.5) is 5.69 Å². The van der Waals surface area contributed by atoms with Crippen LogP contribution in [0.15, 0.2) is 32.8 Å². The molecule has 2 heterocycles. The van der Waals surface area contributed by atoms with Crippen LogP contribution in [-0.4, -0.2) is 22.8 Å². The summed E-state index contributed by atoms with van der Waals surface area (Å²) in [5.41, 5.74) is 2.79. The summed E-state index contributed by atoms with van der Waals surface area (Å²) in [6.45, 7) is 3.94. The SMILES string of the molecule is Cc1csc(Sc2ccc(NC(=O)[C@@H]3CCC(=O)N3)c(C)c2)n1. The lowest BCUT2D eigenvalue weighted by Crippen LogP contribution is -2.37. The molecule has 1 aliphatic rings. The van der Waals surface area contributed by atoms with Gasteiger partial charge in [0.15, 0.2) is 4.34 Å². The lowest BCUT2D eigenvalue weighted by molar-refractivity contribution is -0.122. The van der Waals surface area contributed by atoms with Gasteiger partial charge in [-0.25, -0.2) is 4.98 Å². The van der Waals surface area contributed by atoms with Gasteiger partial charge in [0.05, 0.1) is 0 Å². The average Bonchev–Trinajstić information content (AvgIpc) is 3.10. The third-order valence-electron chi connectivity index (χ3n) is 3.57. The van der Waals surface area contributed by atoms with E-state index in [1.165, 1.54) is 0 Å². The largest absolute Gasteiger partial charge is 0.344 e. The highest BCUT2D eigenvalue weighted by Crippen LogP contribution is 2.32. The van der Waals surface area contributed by atoms with Crippen molar-refractivity contribution in [2.75, 3.05) is 5.32 Å². The Balaban J connectivity index is 1.67. The second-order valence-corrected chi connectivity index (χ2v) is 7.66. The fourth-order valence-corrected chi connectivity index (χ4v) is 4.26. The first-order valence-electron chi connectivity index (χ1n) is 7.32. The summed E-state index contributed by atoms with van der Waals surface area (Å²) in [4.78, 5) is 28.9. The van der Waals surface area contributed by atoms with Crippen molar-refractivity contribution >= 4 is 40.6 Å². The number of benzene rings is 1. The molecule has 1 aliphatic heterocycles. The van der Waals surface area contributed by atoms with Gasteiger partial charge in [0.25, 0.3) is 0 Å². The Morgan fingerprint density at radius 1 is 1.43 bits per heavy atom. The summed E-state index contributed by atoms with van der Waals surface area (Å²) in [7, 11) is 0. The molecule has 0 radical (unpaired) electrons. The van der Waals surface area contributed by atoms with Crippen LogP contribution >= 0.6 is 23.1 Å². The van der Waals surface area contributed by atoms with E-state index in [0.717, 1.165) is 26.2 Å². The summed E-state index contributed by atoms with van der Waals surface area (Å²) in [5, 5.41) is 7.60. The molecule has 2 aromatic rings. The number of carbonyl (C=O) groups is 2. The molecule has 1 atom stereocenters. The highest BCUT2D eigenvalue weighted by Gasteiger charge is 2.27. The molecule has 3 rings (SSSR count). The fraction of sp³-hybridized carbons (Fsp3) is 0.312. The Morgan fingerprint density at radius 2 is 2.26 bits per heavy atom. The molecule has 2 amide bonds. The summed E-state index contributed by atoms with van der Waals surface area (Å²) in [5.74, 6) is -0.220. The number of anilines is 1. The molecule has 7 heteroatoms. The number of rotatable bonds is 4. The summed E-state index contributed by atoms with van der Waals surface area (Å²) < 4.78 is 1.01. The van der Waals surface area contributed by atoms with Gasteiger partial charge >= 0.3 is 0 Å². The molecule has 1 aromatic carbocycles. The minimum Gasteiger partial charge on any atom is -0.344 e. The minimum absolute atomic E-state index is 0.0626. The van der Waals surface area contributed by atoms with Crippen molar-refractivity contribution in [2.24, 2.45) is 0 Å². The fourth-order valence-electron chi connectivity index (χ4n) is 2.35. The number of aryl methyl sites for hydroxylation is 2. The zero-order chi connectivity index (χ0) is 16.4. The molecule has 2 N–H and O–H groups in total. The Labute approximate surface area is 142 Å². The Morgan fingerprint density at radius 3 is 2.87 bits per heavy atom. The van der Waals surface area contributed by atoms with Crippen LogP contribution in [0, 0.1) is 13.8 Å². The maximum Gasteiger partial charge on any atom is 0.246 e. The second kappa shape index (κ2) is 6.72. The van der Waals surface area contributed by atoms with Crippen molar-refractivity contribution in [3.8, 4) is 0 Å². The Hall–Kier alpha value is -1.86. The third-order valence-corrected chi connectivity index (χ3v) is 5.62. The molecular formula is C16H17N3O2S2. The first-order valence-corrected chi connectivity index (χ1v) is 9.02. The standard InChI is InChI=1S/C16H17N3O2S2/c1-9-7-11(23-16-17-10(2)8-22-16)3-4-12(9)19-15(21)13-5-6-14(20)18-13/h3-4,7-8,13H,5-6H2,1-2H3,(H,18,20)(H,19,21)/t13-/m0/s1. The Kier molecular flexibility index (Phi) is 4.68. The predicted octanol–water partition coefficient (Wildman–Crippen LogP) is 3.13. The van der Waals surface area contributed by atoms with E-state index in [2.05, 4.69) is 15.6 Å². The van der Waals surface area contributed by atoms with Gasteiger partial charge in [-0.1, -0.05) is 11.8 Å². The quantitative estimate of drug-likeness (QED) is 0.891. The van der Waals surface area contributed by atoms with Crippen LogP contribution in [0.2, 0.25) is 0 Å². The van der Waals surface area contributed by atoms with Crippen LogP contribution in [0.5, 0.6) is 0 Å². The molecule has 120 valence electrons. The first kappa shape index (κ1) is 16.0. The molecule has 0 saturated carbocycles. The van der Waals surface area contributed by atoms with Gasteiger partial charge in [0.1, 0.15) is 6.04 Å². The molecule has 0 aliphatic carbocycles. The number of aromatic nitrogens is 1. The van der Waals surface area contributed by atoms with E-state index in [4.69, 9.17) is 0 Å². The monoisotopic (exact) mass is 347 g/mol. The molecule has 23 heavy (non-hydrogen) atoms. The highest BCUT2D eigenvalue weighted by molar-refractivity contribution is 8.01. The summed E-state index contributed by atoms with van der Waals surface area (Å²) >= 11 is 3.24. The smallest absolute Gasteiger partial charge is 0.246 e. The van der Waals surface area contributed by atoms with Gasteiger partial charge in [-0.3, -0.25) is 9.59 Å². The molecule has 0 bridgehead atoms. The van der Waals surface area contributed by atoms with Crippen molar-refractivity contribution in [3.63, 3.8) is 0 Å². The molecular weight excluding hydrogens is 330 g/mol. The van der Waals surface area contributed by atoms with Gasteiger partial charge in [-0.05, 0) is 44.0 Å². The van der Waals surface area contributed by atoms with Gasteiger partial charge in [-0.2, -0.15) is 0 Å². The van der Waals surface area contributed by atoms with Crippen LogP contribution in [0.1, 0.15) is 24.1 Å². The third kappa shape index (κ3) is 3.92. The number of hydrogen-bond acceptors (Lipinski definition) is 5. The predicted molar refractivity (Wildman–Crippen MR) is 91.9 cm³/mol. The molecule has 0 spiro atoms. The van der Waals surface area contributed by atoms with Crippen LogP contribution < -0.4 is 10.6 Å². The van der Waals surface area contributed by atoms with Crippen molar-refractivity contribution in [3.05, 3.63) is 34.8 Å². The first-order chi connectivity index (χ1) is 11.0. The van der Waals surface area contributed by atoms with E-state index in [1.54, 1.807) is 23.1 Å². The number of hydrogen-bond donors (Lipinski definition) is 2. The number of nitrogens with one attached hydrogen (secondary N) is 2. The second-order valence-electron chi connectivity index (χ2n) is 5.48. The lowest BCUT2D eigenvalue weighted by atomic mass is 10.1. The van der Waals surface area contributed by atoms with Crippen molar-refractivity contribution < 1.29 is 9.59 Å². The highest BCUT2D eigenvalue weighted by atomic mass is 32.2. The van der Waals surface area contributed by atoms with Crippen LogP contribution in [0.25, 0.3) is 0 Å². The zero-order valence-corrected chi connectivity index (χ0v) is 14.5. The van der Waals surface area contributed by atoms with E-state index in [1.807, 2.05) is 37.4 Å². The number of thiazole rings is 1. The van der Waals surface area contributed by atoms with Crippen LogP contribution in [-0.2, 0) is 9.59 Å².